The zero-order chi connectivity index (χ0) is 13.5. The first-order chi connectivity index (χ1) is 7.80. The van der Waals surface area contributed by atoms with E-state index in [1.165, 1.54) is 6.26 Å². The number of alkyl halides is 3. The van der Waals surface area contributed by atoms with Crippen LogP contribution in [0.5, 0.6) is 0 Å². The highest BCUT2D eigenvalue weighted by atomic mass is 32.2. The Hall–Kier alpha value is -0.920. The number of alkyl carbamates (subject to hydrolysis) is 1. The summed E-state index contributed by atoms with van der Waals surface area (Å²) in [6.07, 6.45) is -5.41. The number of carbonyl (C=O) groups is 2. The van der Waals surface area contributed by atoms with Crippen LogP contribution < -0.4 is 5.32 Å². The molecule has 0 heterocycles. The van der Waals surface area contributed by atoms with Gasteiger partial charge in [0.25, 0.3) is 0 Å². The van der Waals surface area contributed by atoms with Crippen LogP contribution in [0.15, 0.2) is 0 Å². The third-order valence-corrected chi connectivity index (χ3v) is 2.46. The zero-order valence-corrected chi connectivity index (χ0v) is 10.3. The van der Waals surface area contributed by atoms with Crippen molar-refractivity contribution in [2.45, 2.75) is 32.0 Å². The molecule has 0 radical (unpaired) electrons. The van der Waals surface area contributed by atoms with E-state index in [1.807, 2.05) is 0 Å². The fourth-order valence-corrected chi connectivity index (χ4v) is 1.48. The lowest BCUT2D eigenvalue weighted by atomic mass is 10.2. The van der Waals surface area contributed by atoms with Crippen molar-refractivity contribution in [3.05, 3.63) is 0 Å². The zero-order valence-electron chi connectivity index (χ0n) is 9.47. The number of halogens is 3. The van der Waals surface area contributed by atoms with Gasteiger partial charge in [0.05, 0.1) is 6.61 Å². The first-order valence-corrected chi connectivity index (χ1v) is 6.10. The van der Waals surface area contributed by atoms with Crippen molar-refractivity contribution >= 4 is 23.0 Å². The Morgan fingerprint density at radius 3 is 2.41 bits per heavy atom. The van der Waals surface area contributed by atoms with Gasteiger partial charge in [0.15, 0.2) is 0 Å². The molecule has 8 heteroatoms. The van der Waals surface area contributed by atoms with Gasteiger partial charge in [0.1, 0.15) is 6.04 Å². The van der Waals surface area contributed by atoms with Crippen LogP contribution in [-0.2, 0) is 9.53 Å². The summed E-state index contributed by atoms with van der Waals surface area (Å²) in [6.45, 7) is 1.64. The van der Waals surface area contributed by atoms with Gasteiger partial charge in [-0.2, -0.15) is 13.2 Å². The highest BCUT2D eigenvalue weighted by molar-refractivity contribution is 8.13. The van der Waals surface area contributed by atoms with Gasteiger partial charge in [-0.05, 0) is 19.6 Å². The van der Waals surface area contributed by atoms with Crippen LogP contribution in [0.2, 0.25) is 0 Å². The molecule has 0 rings (SSSR count). The van der Waals surface area contributed by atoms with Gasteiger partial charge >= 0.3 is 12.3 Å². The molecule has 0 bridgehead atoms. The highest BCUT2D eigenvalue weighted by Crippen LogP contribution is 2.23. The maximum atomic E-state index is 12.0. The highest BCUT2D eigenvalue weighted by Gasteiger charge is 2.31. The number of hydrogen-bond donors (Lipinski definition) is 1. The molecule has 0 fully saturated rings. The van der Waals surface area contributed by atoms with E-state index in [0.29, 0.717) is 0 Å². The monoisotopic (exact) mass is 273 g/mol. The molecule has 100 valence electrons. The Morgan fingerprint density at radius 2 is 2.00 bits per heavy atom. The smallest absolute Gasteiger partial charge is 0.407 e. The standard InChI is InChI=1S/C9H14F3NO3S/c1-3-16-8(15)13-6(7(14)17-2)4-5-9(10,11)12/h6H,3-5H2,1-2H3,(H,13,15). The molecular formula is C9H14F3NO3S. The van der Waals surface area contributed by atoms with E-state index in [0.717, 1.165) is 11.8 Å². The fraction of sp³-hybridized carbons (Fsp3) is 0.778. The Bertz CT molecular complexity index is 271. The van der Waals surface area contributed by atoms with Crippen LogP contribution in [0, 0.1) is 0 Å². The molecule has 1 amide bonds. The third-order valence-electron chi connectivity index (χ3n) is 1.77. The molecule has 0 aromatic rings. The maximum absolute atomic E-state index is 12.0. The fourth-order valence-electron chi connectivity index (χ4n) is 1.01. The molecule has 0 saturated carbocycles. The van der Waals surface area contributed by atoms with Crippen LogP contribution in [0.3, 0.4) is 0 Å². The van der Waals surface area contributed by atoms with Gasteiger partial charge in [0.2, 0.25) is 5.12 Å². The number of nitrogens with one attached hydrogen (secondary N) is 1. The Labute approximate surface area is 101 Å². The number of hydrogen-bond acceptors (Lipinski definition) is 4. The lowest BCUT2D eigenvalue weighted by Crippen LogP contribution is -2.40. The summed E-state index contributed by atoms with van der Waals surface area (Å²) in [5.74, 6) is 0. The second kappa shape index (κ2) is 7.41. The molecule has 1 atom stereocenters. The number of ether oxygens (including phenoxy) is 1. The van der Waals surface area contributed by atoms with Crippen LogP contribution in [0.1, 0.15) is 19.8 Å². The number of carbonyl (C=O) groups excluding carboxylic acids is 2. The largest absolute Gasteiger partial charge is 0.450 e. The van der Waals surface area contributed by atoms with Gasteiger partial charge in [-0.3, -0.25) is 4.79 Å². The molecule has 0 aliphatic heterocycles. The third kappa shape index (κ3) is 7.89. The molecule has 17 heavy (non-hydrogen) atoms. The normalized spacial score (nSPS) is 13.0. The lowest BCUT2D eigenvalue weighted by molar-refractivity contribution is -0.137. The van der Waals surface area contributed by atoms with E-state index >= 15 is 0 Å². The molecule has 0 aliphatic carbocycles. The van der Waals surface area contributed by atoms with Crippen LogP contribution in [0.4, 0.5) is 18.0 Å². The van der Waals surface area contributed by atoms with Crippen LogP contribution in [-0.4, -0.2) is 36.3 Å². The Morgan fingerprint density at radius 1 is 1.41 bits per heavy atom. The van der Waals surface area contributed by atoms with Crippen molar-refractivity contribution in [1.82, 2.24) is 5.32 Å². The van der Waals surface area contributed by atoms with Crippen molar-refractivity contribution < 1.29 is 27.5 Å². The minimum atomic E-state index is -4.35. The summed E-state index contributed by atoms with van der Waals surface area (Å²) in [4.78, 5) is 22.3. The predicted octanol–water partition coefficient (Wildman–Crippen LogP) is 2.33. The number of amides is 1. The minimum Gasteiger partial charge on any atom is -0.450 e. The summed E-state index contributed by atoms with van der Waals surface area (Å²) in [7, 11) is 0. The average molecular weight is 273 g/mol. The number of thioether (sulfide) groups is 1. The first-order valence-electron chi connectivity index (χ1n) is 4.88. The summed E-state index contributed by atoms with van der Waals surface area (Å²) in [6, 6.07) is -1.18. The molecule has 0 aliphatic rings. The molecule has 0 saturated heterocycles. The molecule has 1 N–H and O–H groups in total. The Kier molecular flexibility index (Phi) is 7.01. The van der Waals surface area contributed by atoms with Crippen molar-refractivity contribution in [3.63, 3.8) is 0 Å². The second-order valence-electron chi connectivity index (χ2n) is 3.09. The van der Waals surface area contributed by atoms with E-state index in [9.17, 15) is 22.8 Å². The van der Waals surface area contributed by atoms with E-state index in [-0.39, 0.29) is 6.61 Å². The SMILES string of the molecule is CCOC(=O)NC(CCC(F)(F)F)C(=O)SC. The summed E-state index contributed by atoms with van der Waals surface area (Å²) >= 11 is 0.767. The van der Waals surface area contributed by atoms with E-state index in [1.54, 1.807) is 6.92 Å². The van der Waals surface area contributed by atoms with Crippen molar-refractivity contribution in [2.24, 2.45) is 0 Å². The summed E-state index contributed by atoms with van der Waals surface area (Å²) in [5, 5.41) is 1.58. The predicted molar refractivity (Wildman–Crippen MR) is 57.8 cm³/mol. The van der Waals surface area contributed by atoms with E-state index in [4.69, 9.17) is 0 Å². The van der Waals surface area contributed by atoms with Gasteiger partial charge in [-0.15, -0.1) is 0 Å². The average Bonchev–Trinajstić information content (AvgIpc) is 2.22. The van der Waals surface area contributed by atoms with Gasteiger partial charge < -0.3 is 10.1 Å². The Balaban J connectivity index is 4.34. The molecule has 0 spiro atoms. The van der Waals surface area contributed by atoms with Gasteiger partial charge in [-0.1, -0.05) is 11.8 Å². The first kappa shape index (κ1) is 16.1. The summed E-state index contributed by atoms with van der Waals surface area (Å²) < 4.78 is 40.5. The quantitative estimate of drug-likeness (QED) is 0.835. The van der Waals surface area contributed by atoms with E-state index < -0.39 is 36.3 Å². The minimum absolute atomic E-state index is 0.0886. The van der Waals surface area contributed by atoms with Crippen molar-refractivity contribution in [2.75, 3.05) is 12.9 Å². The molecule has 1 unspecified atom stereocenters. The van der Waals surface area contributed by atoms with Gasteiger partial charge in [0, 0.05) is 6.42 Å². The van der Waals surface area contributed by atoms with Crippen molar-refractivity contribution in [3.8, 4) is 0 Å². The van der Waals surface area contributed by atoms with E-state index in [2.05, 4.69) is 10.1 Å². The van der Waals surface area contributed by atoms with Crippen LogP contribution in [0.25, 0.3) is 0 Å². The molecule has 4 nitrogen and oxygen atoms in total. The topological polar surface area (TPSA) is 55.4 Å². The van der Waals surface area contributed by atoms with Crippen molar-refractivity contribution in [1.29, 1.82) is 0 Å². The van der Waals surface area contributed by atoms with Gasteiger partial charge in [-0.25, -0.2) is 4.79 Å². The molecular weight excluding hydrogens is 259 g/mol. The lowest BCUT2D eigenvalue weighted by Gasteiger charge is -2.16. The molecule has 0 aromatic heterocycles. The number of rotatable bonds is 5. The second-order valence-corrected chi connectivity index (χ2v) is 3.91. The molecule has 0 aromatic carbocycles. The van der Waals surface area contributed by atoms with Crippen LogP contribution >= 0.6 is 11.8 Å². The summed E-state index contributed by atoms with van der Waals surface area (Å²) in [5.41, 5.74) is 0. The maximum Gasteiger partial charge on any atom is 0.407 e.